The van der Waals surface area contributed by atoms with Crippen LogP contribution in [0.1, 0.15) is 232 Å². The van der Waals surface area contributed by atoms with Crippen molar-refractivity contribution in [1.29, 1.82) is 0 Å². The van der Waals surface area contributed by atoms with Crippen molar-refractivity contribution in [1.82, 2.24) is 5.32 Å². The number of phosphoric ester groups is 1. The van der Waals surface area contributed by atoms with Gasteiger partial charge < -0.3 is 19.8 Å². The molecule has 0 spiro atoms. The number of carbonyl (C=O) groups is 1. The van der Waals surface area contributed by atoms with E-state index in [9.17, 15) is 19.4 Å². The van der Waals surface area contributed by atoms with Gasteiger partial charge in [0.05, 0.1) is 39.9 Å². The Morgan fingerprint density at radius 3 is 1.21 bits per heavy atom. The maximum absolute atomic E-state index is 13.0. The summed E-state index contributed by atoms with van der Waals surface area (Å²) in [6, 6.07) is -0.896. The lowest BCUT2D eigenvalue weighted by molar-refractivity contribution is -0.870. The van der Waals surface area contributed by atoms with E-state index in [1.807, 2.05) is 27.2 Å². The van der Waals surface area contributed by atoms with Gasteiger partial charge in [0, 0.05) is 6.42 Å². The number of likely N-dealkylation sites (N-methyl/N-ethyl adjacent to an activating group) is 1. The molecular weight excluding hydrogens is 960 g/mol. The Labute approximate surface area is 468 Å². The highest BCUT2D eigenvalue weighted by Crippen LogP contribution is 2.43. The second-order valence-electron chi connectivity index (χ2n) is 21.3. The molecule has 0 saturated carbocycles. The van der Waals surface area contributed by atoms with E-state index >= 15 is 0 Å². The number of unbranched alkanes of at least 4 members (excludes halogenated alkanes) is 21. The zero-order valence-corrected chi connectivity index (χ0v) is 50.3. The number of allylic oxidation sites excluding steroid dienone is 21. The molecule has 3 unspecified atom stereocenters. The highest BCUT2D eigenvalue weighted by molar-refractivity contribution is 7.47. The molecule has 0 rings (SSSR count). The molecule has 0 radical (unpaired) electrons. The fourth-order valence-corrected chi connectivity index (χ4v) is 8.82. The van der Waals surface area contributed by atoms with E-state index in [-0.39, 0.29) is 19.1 Å². The maximum Gasteiger partial charge on any atom is 0.472 e. The molecule has 0 aromatic rings. The van der Waals surface area contributed by atoms with Crippen molar-refractivity contribution in [3.8, 4) is 0 Å². The molecule has 0 fully saturated rings. The van der Waals surface area contributed by atoms with Gasteiger partial charge >= 0.3 is 7.82 Å². The summed E-state index contributed by atoms with van der Waals surface area (Å²) in [7, 11) is 1.51. The minimum atomic E-state index is -4.38. The third-order valence-corrected chi connectivity index (χ3v) is 13.8. The first-order valence-electron chi connectivity index (χ1n) is 30.6. The van der Waals surface area contributed by atoms with E-state index in [1.54, 1.807) is 6.08 Å². The Bertz CT molecular complexity index is 1700. The van der Waals surface area contributed by atoms with Crippen molar-refractivity contribution in [2.75, 3.05) is 40.9 Å². The van der Waals surface area contributed by atoms with Gasteiger partial charge in [-0.25, -0.2) is 4.57 Å². The molecule has 76 heavy (non-hydrogen) atoms. The second kappa shape index (κ2) is 56.4. The molecule has 0 saturated heterocycles. The van der Waals surface area contributed by atoms with Gasteiger partial charge in [0.2, 0.25) is 5.91 Å². The highest BCUT2D eigenvalue weighted by Gasteiger charge is 2.27. The molecule has 0 aliphatic heterocycles. The summed E-state index contributed by atoms with van der Waals surface area (Å²) in [5.74, 6) is -0.220. The Morgan fingerprint density at radius 2 is 0.803 bits per heavy atom. The molecule has 0 aliphatic carbocycles. The van der Waals surface area contributed by atoms with Crippen molar-refractivity contribution in [3.63, 3.8) is 0 Å². The first-order valence-corrected chi connectivity index (χ1v) is 32.1. The molecule has 3 atom stereocenters. The van der Waals surface area contributed by atoms with Crippen LogP contribution in [-0.2, 0) is 18.4 Å². The number of nitrogens with one attached hydrogen (secondary N) is 1. The van der Waals surface area contributed by atoms with Crippen LogP contribution >= 0.6 is 7.82 Å². The molecule has 9 heteroatoms. The third-order valence-electron chi connectivity index (χ3n) is 12.8. The lowest BCUT2D eigenvalue weighted by Gasteiger charge is -2.25. The fourth-order valence-electron chi connectivity index (χ4n) is 8.09. The van der Waals surface area contributed by atoms with Crippen LogP contribution in [0, 0.1) is 0 Å². The average Bonchev–Trinajstić information content (AvgIpc) is 3.38. The molecule has 0 heterocycles. The molecular formula is C67H116N2O6P+. The van der Waals surface area contributed by atoms with E-state index in [1.165, 1.54) is 103 Å². The van der Waals surface area contributed by atoms with Crippen LogP contribution in [0.2, 0.25) is 0 Å². The van der Waals surface area contributed by atoms with Crippen LogP contribution in [0.5, 0.6) is 0 Å². The van der Waals surface area contributed by atoms with Gasteiger partial charge in [-0.3, -0.25) is 13.8 Å². The Kier molecular flexibility index (Phi) is 53.9. The quantitative estimate of drug-likeness (QED) is 0.0243. The van der Waals surface area contributed by atoms with Gasteiger partial charge in [-0.2, -0.15) is 0 Å². The van der Waals surface area contributed by atoms with Crippen molar-refractivity contribution in [2.45, 2.75) is 244 Å². The number of carbonyl (C=O) groups excluding carboxylic acids is 1. The first-order chi connectivity index (χ1) is 37.0. The number of aliphatic hydroxyl groups excluding tert-OH is 1. The summed E-state index contributed by atoms with van der Waals surface area (Å²) in [5, 5.41) is 13.9. The van der Waals surface area contributed by atoms with Crippen molar-refractivity contribution < 1.29 is 32.9 Å². The number of aliphatic hydroxyl groups is 1. The van der Waals surface area contributed by atoms with E-state index in [0.29, 0.717) is 17.4 Å². The van der Waals surface area contributed by atoms with E-state index < -0.39 is 20.0 Å². The smallest absolute Gasteiger partial charge is 0.387 e. The monoisotopic (exact) mass is 1080 g/mol. The summed E-state index contributed by atoms with van der Waals surface area (Å²) in [6.07, 6.45) is 85.7. The van der Waals surface area contributed by atoms with Crippen LogP contribution in [-0.4, -0.2) is 73.4 Å². The topological polar surface area (TPSA) is 105 Å². The number of rotatable bonds is 54. The van der Waals surface area contributed by atoms with Gasteiger partial charge in [-0.1, -0.05) is 250 Å². The van der Waals surface area contributed by atoms with E-state index in [0.717, 1.165) is 109 Å². The fraction of sp³-hybridized carbons (Fsp3) is 0.657. The summed E-state index contributed by atoms with van der Waals surface area (Å²) >= 11 is 0. The average molecular weight is 1080 g/mol. The Balaban J connectivity index is 4.36. The minimum Gasteiger partial charge on any atom is -0.387 e. The Hall–Kier alpha value is -3.36. The zero-order chi connectivity index (χ0) is 55.6. The van der Waals surface area contributed by atoms with Crippen molar-refractivity contribution in [2.24, 2.45) is 0 Å². The van der Waals surface area contributed by atoms with Crippen LogP contribution in [0.3, 0.4) is 0 Å². The lowest BCUT2D eigenvalue weighted by Crippen LogP contribution is -2.45. The minimum absolute atomic E-state index is 0.0404. The molecule has 0 aromatic heterocycles. The molecule has 0 bridgehead atoms. The van der Waals surface area contributed by atoms with E-state index in [2.05, 4.69) is 141 Å². The zero-order valence-electron chi connectivity index (χ0n) is 49.4. The first kappa shape index (κ1) is 72.6. The molecule has 0 aliphatic rings. The Morgan fingerprint density at radius 1 is 0.461 bits per heavy atom. The van der Waals surface area contributed by atoms with Crippen LogP contribution in [0.4, 0.5) is 0 Å². The normalized spacial score (nSPS) is 14.8. The van der Waals surface area contributed by atoms with Gasteiger partial charge in [0.25, 0.3) is 0 Å². The predicted octanol–water partition coefficient (Wildman–Crippen LogP) is 19.1. The maximum atomic E-state index is 13.0. The van der Waals surface area contributed by atoms with Gasteiger partial charge in [0.1, 0.15) is 13.2 Å². The highest BCUT2D eigenvalue weighted by atomic mass is 31.2. The molecule has 0 aromatic carbocycles. The van der Waals surface area contributed by atoms with Crippen LogP contribution < -0.4 is 5.32 Å². The van der Waals surface area contributed by atoms with Gasteiger partial charge in [-0.15, -0.1) is 0 Å². The summed E-state index contributed by atoms with van der Waals surface area (Å²) < 4.78 is 23.7. The number of amides is 1. The summed E-state index contributed by atoms with van der Waals surface area (Å²) in [4.78, 5) is 23.3. The summed E-state index contributed by atoms with van der Waals surface area (Å²) in [6.45, 7) is 4.65. The number of hydrogen-bond acceptors (Lipinski definition) is 5. The largest absolute Gasteiger partial charge is 0.472 e. The van der Waals surface area contributed by atoms with E-state index in [4.69, 9.17) is 9.05 Å². The van der Waals surface area contributed by atoms with Crippen molar-refractivity contribution in [3.05, 3.63) is 134 Å². The van der Waals surface area contributed by atoms with Crippen molar-refractivity contribution >= 4 is 13.7 Å². The third kappa shape index (κ3) is 58.3. The summed E-state index contributed by atoms with van der Waals surface area (Å²) in [5.41, 5.74) is 0. The molecule has 434 valence electrons. The van der Waals surface area contributed by atoms with Crippen LogP contribution in [0.15, 0.2) is 134 Å². The standard InChI is InChI=1S/C67H115N2O6P/c1-6-8-10-12-14-16-18-20-22-24-26-28-30-32-33-34-35-37-39-41-43-45-47-49-51-53-55-57-59-61-67(71)68-65(64-75-76(72,73)74-63-62-69(3,4)5)66(70)60-58-56-54-52-50-48-46-44-42-40-38-36-31-29-27-25-23-21-19-17-15-13-11-9-7-2/h8,10,14,16,20,22,26,28,32-33,35,37,41-44,47,49-50,52,58,60,65-66,70H,6-7,9,11-13,15,17-19,21,23-25,27,29-31,34,36,38-40,45-46,48,51,53-57,59,61-64H2,1-5H3,(H-,68,71,72,73)/p+1/b10-8-,16-14-,22-20-,28-26-,33-32-,37-35-,43-41-,44-42+,49-47-,52-50+,60-58+. The molecule has 1 amide bonds. The SMILES string of the molecule is CC/C=C\C/C=C\C/C=C\C/C=C\C/C=C\C/C=C\C/C=C\C/C=C\CCCCCCC(=O)NC(COP(=O)(O)OCC[N+](C)(C)C)C(O)/C=C/CC/C=C/CC/C=C/CCCCCCCCCCCCCCCCC. The number of phosphoric acid groups is 1. The van der Waals surface area contributed by atoms with Gasteiger partial charge in [0.15, 0.2) is 0 Å². The second-order valence-corrected chi connectivity index (χ2v) is 22.8. The predicted molar refractivity (Wildman–Crippen MR) is 331 cm³/mol. The number of nitrogens with zero attached hydrogens (tertiary/aromatic N) is 1. The lowest BCUT2D eigenvalue weighted by atomic mass is 10.0. The van der Waals surface area contributed by atoms with Crippen LogP contribution in [0.25, 0.3) is 0 Å². The number of quaternary nitrogens is 1. The van der Waals surface area contributed by atoms with Gasteiger partial charge in [-0.05, 0) is 109 Å². The molecule has 8 nitrogen and oxygen atoms in total. The number of hydrogen-bond donors (Lipinski definition) is 3. The molecule has 3 N–H and O–H groups in total.